The number of rotatable bonds is 7. The Hall–Kier alpha value is -2.37. The van der Waals surface area contributed by atoms with Gasteiger partial charge in [-0.2, -0.15) is 0 Å². The monoisotopic (exact) mass is 265 g/mol. The number of ether oxygens (including phenoxy) is 1. The van der Waals surface area contributed by atoms with Gasteiger partial charge in [0.05, 0.1) is 6.42 Å². The molecule has 0 saturated heterocycles. The van der Waals surface area contributed by atoms with Crippen molar-refractivity contribution in [2.24, 2.45) is 0 Å². The smallest absolute Gasteiger partial charge is 0.305 e. The highest BCUT2D eigenvalue weighted by Crippen LogP contribution is 2.12. The summed E-state index contributed by atoms with van der Waals surface area (Å²) < 4.78 is 5.36. The molecule has 0 radical (unpaired) electrons. The third-order valence-electron chi connectivity index (χ3n) is 2.34. The summed E-state index contributed by atoms with van der Waals surface area (Å²) in [7, 11) is 0. The van der Waals surface area contributed by atoms with Crippen molar-refractivity contribution >= 4 is 18.2 Å². The van der Waals surface area contributed by atoms with Crippen molar-refractivity contribution in [1.29, 1.82) is 0 Å². The quantitative estimate of drug-likeness (QED) is 0.713. The van der Waals surface area contributed by atoms with Crippen LogP contribution in [0.1, 0.15) is 23.7 Å². The van der Waals surface area contributed by atoms with Crippen molar-refractivity contribution in [2.45, 2.75) is 19.4 Å². The Balaban J connectivity index is 2.44. The molecule has 0 bridgehead atoms. The molecular formula is C13H15NO5. The van der Waals surface area contributed by atoms with Crippen LogP contribution in [0.5, 0.6) is 5.75 Å². The van der Waals surface area contributed by atoms with Crippen molar-refractivity contribution in [3.05, 3.63) is 29.8 Å². The van der Waals surface area contributed by atoms with Crippen LogP contribution in [-0.4, -0.2) is 35.9 Å². The fourth-order valence-corrected chi connectivity index (χ4v) is 1.32. The first-order valence-corrected chi connectivity index (χ1v) is 5.74. The number of carboxylic acid groups (broad SMARTS) is 1. The summed E-state index contributed by atoms with van der Waals surface area (Å²) in [6.07, 6.45) is -0.158. The van der Waals surface area contributed by atoms with Crippen LogP contribution in [-0.2, 0) is 9.59 Å². The van der Waals surface area contributed by atoms with Gasteiger partial charge in [-0.25, -0.2) is 0 Å². The molecule has 102 valence electrons. The molecular weight excluding hydrogens is 250 g/mol. The number of carbonyl (C=O) groups excluding carboxylic acids is 2. The Morgan fingerprint density at radius 1 is 1.37 bits per heavy atom. The predicted octanol–water partition coefficient (Wildman–Crippen LogP) is 0.857. The normalized spacial score (nSPS) is 11.4. The molecule has 0 aliphatic heterocycles. The van der Waals surface area contributed by atoms with Crippen LogP contribution in [0.25, 0.3) is 0 Å². The van der Waals surface area contributed by atoms with Gasteiger partial charge in [-0.05, 0) is 31.2 Å². The van der Waals surface area contributed by atoms with Crippen LogP contribution in [0.15, 0.2) is 24.3 Å². The van der Waals surface area contributed by atoms with E-state index in [1.54, 1.807) is 31.2 Å². The van der Waals surface area contributed by atoms with Crippen LogP contribution in [0, 0.1) is 0 Å². The Kier molecular flexibility index (Phi) is 5.53. The third kappa shape index (κ3) is 5.20. The number of aliphatic carboxylic acids is 1. The Bertz CT molecular complexity index is 455. The minimum Gasteiger partial charge on any atom is -0.481 e. The van der Waals surface area contributed by atoms with E-state index in [4.69, 9.17) is 9.84 Å². The molecule has 1 amide bonds. The average molecular weight is 265 g/mol. The van der Waals surface area contributed by atoms with Crippen molar-refractivity contribution in [3.63, 3.8) is 0 Å². The predicted molar refractivity (Wildman–Crippen MR) is 67.2 cm³/mol. The Morgan fingerprint density at radius 3 is 2.53 bits per heavy atom. The lowest BCUT2D eigenvalue weighted by Crippen LogP contribution is -2.37. The van der Waals surface area contributed by atoms with Gasteiger partial charge in [-0.3, -0.25) is 14.4 Å². The largest absolute Gasteiger partial charge is 0.481 e. The molecule has 0 aliphatic carbocycles. The van der Waals surface area contributed by atoms with Crippen molar-refractivity contribution in [2.75, 3.05) is 6.54 Å². The fourth-order valence-electron chi connectivity index (χ4n) is 1.32. The van der Waals surface area contributed by atoms with E-state index in [-0.39, 0.29) is 18.9 Å². The zero-order valence-electron chi connectivity index (χ0n) is 10.5. The molecule has 0 fully saturated rings. The molecule has 6 heteroatoms. The van der Waals surface area contributed by atoms with Crippen LogP contribution in [0.4, 0.5) is 0 Å². The molecule has 0 heterocycles. The maximum atomic E-state index is 11.6. The van der Waals surface area contributed by atoms with E-state index in [1.807, 2.05) is 0 Å². The number of carboxylic acids is 1. The zero-order chi connectivity index (χ0) is 14.3. The lowest BCUT2D eigenvalue weighted by Gasteiger charge is -2.14. The minimum absolute atomic E-state index is 0.0615. The Morgan fingerprint density at radius 2 is 2.00 bits per heavy atom. The van der Waals surface area contributed by atoms with Crippen LogP contribution < -0.4 is 10.1 Å². The summed E-state index contributed by atoms with van der Waals surface area (Å²) >= 11 is 0. The van der Waals surface area contributed by atoms with Gasteiger partial charge in [0.2, 0.25) is 0 Å². The number of nitrogens with one attached hydrogen (secondary N) is 1. The summed E-state index contributed by atoms with van der Waals surface area (Å²) in [5.41, 5.74) is 0.519. The van der Waals surface area contributed by atoms with Crippen LogP contribution >= 0.6 is 0 Å². The highest BCUT2D eigenvalue weighted by molar-refractivity contribution is 5.81. The second-order valence-electron chi connectivity index (χ2n) is 3.88. The average Bonchev–Trinajstić information content (AvgIpc) is 2.39. The van der Waals surface area contributed by atoms with E-state index in [0.717, 1.165) is 0 Å². The van der Waals surface area contributed by atoms with Gasteiger partial charge in [-0.15, -0.1) is 0 Å². The SMILES string of the molecule is CC(Oc1ccc(C=O)cc1)C(=O)NCCC(=O)O. The number of carbonyl (C=O) groups is 3. The highest BCUT2D eigenvalue weighted by atomic mass is 16.5. The van der Waals surface area contributed by atoms with Gasteiger partial charge in [-0.1, -0.05) is 0 Å². The van der Waals surface area contributed by atoms with Gasteiger partial charge in [0.15, 0.2) is 6.10 Å². The second-order valence-corrected chi connectivity index (χ2v) is 3.88. The number of amides is 1. The first-order chi connectivity index (χ1) is 9.02. The first-order valence-electron chi connectivity index (χ1n) is 5.74. The fraction of sp³-hybridized carbons (Fsp3) is 0.308. The summed E-state index contributed by atoms with van der Waals surface area (Å²) in [5, 5.41) is 10.9. The molecule has 2 N–H and O–H groups in total. The zero-order valence-corrected chi connectivity index (χ0v) is 10.5. The molecule has 0 aliphatic rings. The van der Waals surface area contributed by atoms with E-state index >= 15 is 0 Å². The van der Waals surface area contributed by atoms with Crippen molar-refractivity contribution in [1.82, 2.24) is 5.32 Å². The molecule has 0 spiro atoms. The topological polar surface area (TPSA) is 92.7 Å². The standard InChI is InChI=1S/C13H15NO5/c1-9(13(18)14-7-6-12(16)17)19-11-4-2-10(8-15)3-5-11/h2-5,8-9H,6-7H2,1H3,(H,14,18)(H,16,17). The van der Waals surface area contributed by atoms with Gasteiger partial charge in [0.25, 0.3) is 5.91 Å². The van der Waals surface area contributed by atoms with Crippen molar-refractivity contribution in [3.8, 4) is 5.75 Å². The molecule has 6 nitrogen and oxygen atoms in total. The maximum Gasteiger partial charge on any atom is 0.305 e. The number of aldehydes is 1. The Labute approximate surface area is 110 Å². The molecule has 1 atom stereocenters. The van der Waals surface area contributed by atoms with E-state index in [9.17, 15) is 14.4 Å². The van der Waals surface area contributed by atoms with E-state index in [2.05, 4.69) is 5.32 Å². The molecule has 0 saturated carbocycles. The molecule has 1 aromatic rings. The van der Waals surface area contributed by atoms with Crippen LogP contribution in [0.2, 0.25) is 0 Å². The number of hydrogen-bond donors (Lipinski definition) is 2. The first kappa shape index (κ1) is 14.7. The minimum atomic E-state index is -0.974. The van der Waals surface area contributed by atoms with Gasteiger partial charge < -0.3 is 15.2 Å². The number of benzene rings is 1. The summed E-state index contributed by atoms with van der Waals surface area (Å²) in [5.74, 6) is -0.898. The van der Waals surface area contributed by atoms with Gasteiger partial charge in [0.1, 0.15) is 12.0 Å². The summed E-state index contributed by atoms with van der Waals surface area (Å²) in [4.78, 5) is 32.3. The molecule has 19 heavy (non-hydrogen) atoms. The van der Waals surface area contributed by atoms with E-state index in [0.29, 0.717) is 17.6 Å². The summed E-state index contributed by atoms with van der Waals surface area (Å²) in [6, 6.07) is 6.34. The lowest BCUT2D eigenvalue weighted by atomic mass is 10.2. The van der Waals surface area contributed by atoms with Gasteiger partial charge >= 0.3 is 5.97 Å². The van der Waals surface area contributed by atoms with E-state index < -0.39 is 12.1 Å². The van der Waals surface area contributed by atoms with E-state index in [1.165, 1.54) is 0 Å². The molecule has 0 aromatic heterocycles. The molecule has 1 aromatic carbocycles. The van der Waals surface area contributed by atoms with Gasteiger partial charge in [0, 0.05) is 12.1 Å². The highest BCUT2D eigenvalue weighted by Gasteiger charge is 2.14. The third-order valence-corrected chi connectivity index (χ3v) is 2.34. The maximum absolute atomic E-state index is 11.6. The van der Waals surface area contributed by atoms with Crippen LogP contribution in [0.3, 0.4) is 0 Å². The second kappa shape index (κ2) is 7.15. The van der Waals surface area contributed by atoms with Crippen molar-refractivity contribution < 1.29 is 24.2 Å². The summed E-state index contributed by atoms with van der Waals surface area (Å²) in [6.45, 7) is 1.62. The molecule has 1 unspecified atom stereocenters. The lowest BCUT2D eigenvalue weighted by molar-refractivity contribution is -0.137. The molecule has 1 rings (SSSR count). The number of hydrogen-bond acceptors (Lipinski definition) is 4.